The molecule has 0 saturated heterocycles. The number of rotatable bonds is 7. The van der Waals surface area contributed by atoms with Crippen LogP contribution >= 0.6 is 0 Å². The van der Waals surface area contributed by atoms with Crippen molar-refractivity contribution in [3.05, 3.63) is 53.7 Å². The summed E-state index contributed by atoms with van der Waals surface area (Å²) in [5.74, 6) is -0.0371. The van der Waals surface area contributed by atoms with Gasteiger partial charge in [0.25, 0.3) is 0 Å². The summed E-state index contributed by atoms with van der Waals surface area (Å²) in [6.45, 7) is 2.76. The molecule has 0 unspecified atom stereocenters. The van der Waals surface area contributed by atoms with Gasteiger partial charge in [-0.05, 0) is 12.5 Å². The van der Waals surface area contributed by atoms with Crippen LogP contribution in [0.15, 0.2) is 36.5 Å². The molecule has 0 bridgehead atoms. The zero-order valence-electron chi connectivity index (χ0n) is 14.5. The van der Waals surface area contributed by atoms with E-state index in [9.17, 15) is 8.78 Å². The van der Waals surface area contributed by atoms with Crippen LogP contribution in [0, 0.1) is 11.6 Å². The first-order valence-corrected chi connectivity index (χ1v) is 8.24. The van der Waals surface area contributed by atoms with Crippen molar-refractivity contribution < 1.29 is 13.5 Å². The Morgan fingerprint density at radius 1 is 1.19 bits per heavy atom. The number of aromatic nitrogens is 4. The van der Waals surface area contributed by atoms with Gasteiger partial charge in [0, 0.05) is 18.2 Å². The van der Waals surface area contributed by atoms with Gasteiger partial charge in [0.15, 0.2) is 17.5 Å². The first kappa shape index (κ1) is 17.8. The van der Waals surface area contributed by atoms with Crippen molar-refractivity contribution in [3.63, 3.8) is 0 Å². The highest BCUT2D eigenvalue weighted by Crippen LogP contribution is 2.23. The minimum absolute atomic E-state index is 0.125. The number of ether oxygens (including phenoxy) is 1. The summed E-state index contributed by atoms with van der Waals surface area (Å²) in [5.41, 5.74) is 0.892. The fourth-order valence-electron chi connectivity index (χ4n) is 2.43. The first-order chi connectivity index (χ1) is 12.6. The predicted octanol–water partition coefficient (Wildman–Crippen LogP) is 3.50. The third-order valence-corrected chi connectivity index (χ3v) is 3.75. The molecule has 1 N–H and O–H groups in total. The van der Waals surface area contributed by atoms with E-state index in [0.29, 0.717) is 23.7 Å². The van der Waals surface area contributed by atoms with Gasteiger partial charge in [-0.1, -0.05) is 25.1 Å². The van der Waals surface area contributed by atoms with E-state index in [1.165, 1.54) is 17.9 Å². The minimum Gasteiger partial charge on any atom is -0.481 e. The van der Waals surface area contributed by atoms with Crippen LogP contribution in [0.25, 0.3) is 11.5 Å². The van der Waals surface area contributed by atoms with Crippen LogP contribution in [0.2, 0.25) is 0 Å². The van der Waals surface area contributed by atoms with Crippen LogP contribution in [-0.2, 0) is 6.54 Å². The Labute approximate surface area is 149 Å². The molecular formula is C18H19F2N5O. The summed E-state index contributed by atoms with van der Waals surface area (Å²) in [5, 5.41) is 7.30. The van der Waals surface area contributed by atoms with Crippen LogP contribution in [-0.4, -0.2) is 33.4 Å². The fraction of sp³-hybridized carbons (Fsp3) is 0.278. The van der Waals surface area contributed by atoms with E-state index in [0.717, 1.165) is 12.6 Å². The third-order valence-electron chi connectivity index (χ3n) is 3.75. The number of benzene rings is 1. The Bertz CT molecular complexity index is 897. The average molecular weight is 359 g/mol. The van der Waals surface area contributed by atoms with Gasteiger partial charge in [-0.3, -0.25) is 0 Å². The molecule has 0 radical (unpaired) electrons. The molecule has 0 aliphatic rings. The highest BCUT2D eigenvalue weighted by atomic mass is 19.1. The van der Waals surface area contributed by atoms with E-state index in [1.54, 1.807) is 24.3 Å². The Hall–Kier alpha value is -3.03. The summed E-state index contributed by atoms with van der Waals surface area (Å²) < 4.78 is 34.5. The molecule has 6 nitrogen and oxygen atoms in total. The largest absolute Gasteiger partial charge is 0.481 e. The lowest BCUT2D eigenvalue weighted by Gasteiger charge is -2.07. The predicted molar refractivity (Wildman–Crippen MR) is 94.0 cm³/mol. The van der Waals surface area contributed by atoms with Crippen LogP contribution in [0.4, 0.5) is 14.6 Å². The molecule has 3 rings (SSSR count). The lowest BCUT2D eigenvalue weighted by Crippen LogP contribution is -2.07. The standard InChI is InChI=1S/C18H19F2N5O/c1-3-8-21-17-14(20)10-22-18(23-17)15-9-16(26-2)25(24-15)11-12-6-4-5-7-13(12)19/h4-7,9-10H,3,8,11H2,1-2H3,(H,21,22,23). The molecule has 136 valence electrons. The zero-order chi connectivity index (χ0) is 18.5. The number of hydrogen-bond donors (Lipinski definition) is 1. The van der Waals surface area contributed by atoms with Crippen molar-refractivity contribution in [2.24, 2.45) is 0 Å². The topological polar surface area (TPSA) is 64.9 Å². The molecule has 2 aromatic heterocycles. The summed E-state index contributed by atoms with van der Waals surface area (Å²) in [4.78, 5) is 8.19. The maximum absolute atomic E-state index is 13.9. The van der Waals surface area contributed by atoms with Crippen molar-refractivity contribution in [1.29, 1.82) is 0 Å². The quantitative estimate of drug-likeness (QED) is 0.699. The second kappa shape index (κ2) is 7.90. The van der Waals surface area contributed by atoms with Gasteiger partial charge < -0.3 is 10.1 Å². The molecule has 3 aromatic rings. The van der Waals surface area contributed by atoms with Gasteiger partial charge in [0.05, 0.1) is 19.9 Å². The maximum atomic E-state index is 13.9. The lowest BCUT2D eigenvalue weighted by atomic mass is 10.2. The van der Waals surface area contributed by atoms with Crippen molar-refractivity contribution in [1.82, 2.24) is 19.7 Å². The Morgan fingerprint density at radius 3 is 2.73 bits per heavy atom. The Balaban J connectivity index is 1.92. The molecule has 0 spiro atoms. The van der Waals surface area contributed by atoms with Gasteiger partial charge in [-0.25, -0.2) is 23.4 Å². The molecule has 0 fully saturated rings. The number of nitrogens with zero attached hydrogens (tertiary/aromatic N) is 4. The van der Waals surface area contributed by atoms with E-state index in [2.05, 4.69) is 20.4 Å². The smallest absolute Gasteiger partial charge is 0.212 e. The summed E-state index contributed by atoms with van der Waals surface area (Å²) >= 11 is 0. The van der Waals surface area contributed by atoms with Crippen molar-refractivity contribution in [3.8, 4) is 17.4 Å². The van der Waals surface area contributed by atoms with Gasteiger partial charge in [0.2, 0.25) is 5.88 Å². The molecule has 0 saturated carbocycles. The van der Waals surface area contributed by atoms with Gasteiger partial charge in [-0.15, -0.1) is 0 Å². The molecule has 2 heterocycles. The van der Waals surface area contributed by atoms with E-state index in [-0.39, 0.29) is 24.0 Å². The highest BCUT2D eigenvalue weighted by Gasteiger charge is 2.15. The molecule has 0 atom stereocenters. The van der Waals surface area contributed by atoms with Crippen molar-refractivity contribution in [2.45, 2.75) is 19.9 Å². The van der Waals surface area contributed by atoms with Crippen molar-refractivity contribution >= 4 is 5.82 Å². The number of methoxy groups -OCH3 is 1. The number of anilines is 1. The molecule has 0 aliphatic heterocycles. The van der Waals surface area contributed by atoms with Crippen LogP contribution in [0.5, 0.6) is 5.88 Å². The normalized spacial score (nSPS) is 10.8. The molecule has 0 aliphatic carbocycles. The van der Waals surface area contributed by atoms with Gasteiger partial charge in [0.1, 0.15) is 11.5 Å². The molecule has 26 heavy (non-hydrogen) atoms. The molecular weight excluding hydrogens is 340 g/mol. The SMILES string of the molecule is CCCNc1nc(-c2cc(OC)n(Cc3ccccc3F)n2)ncc1F. The molecule has 8 heteroatoms. The zero-order valence-corrected chi connectivity index (χ0v) is 14.5. The molecule has 0 amide bonds. The van der Waals surface area contributed by atoms with E-state index in [4.69, 9.17) is 4.74 Å². The Kier molecular flexibility index (Phi) is 5.40. The van der Waals surface area contributed by atoms with Crippen LogP contribution in [0.1, 0.15) is 18.9 Å². The van der Waals surface area contributed by atoms with E-state index in [1.807, 2.05) is 6.92 Å². The summed E-state index contributed by atoms with van der Waals surface area (Å²) in [6, 6.07) is 8.09. The highest BCUT2D eigenvalue weighted by molar-refractivity contribution is 5.54. The second-order valence-corrected chi connectivity index (χ2v) is 5.64. The maximum Gasteiger partial charge on any atom is 0.212 e. The van der Waals surface area contributed by atoms with Gasteiger partial charge >= 0.3 is 0 Å². The summed E-state index contributed by atoms with van der Waals surface area (Å²) in [6.07, 6.45) is 1.94. The first-order valence-electron chi connectivity index (χ1n) is 8.24. The molecule has 1 aromatic carbocycles. The van der Waals surface area contributed by atoms with E-state index >= 15 is 0 Å². The van der Waals surface area contributed by atoms with Crippen molar-refractivity contribution in [2.75, 3.05) is 19.0 Å². The van der Waals surface area contributed by atoms with Gasteiger partial charge in [-0.2, -0.15) is 5.10 Å². The fourth-order valence-corrected chi connectivity index (χ4v) is 2.43. The Morgan fingerprint density at radius 2 is 2.00 bits per heavy atom. The van der Waals surface area contributed by atoms with Crippen LogP contribution < -0.4 is 10.1 Å². The average Bonchev–Trinajstić information content (AvgIpc) is 3.06. The third kappa shape index (κ3) is 3.79. The van der Waals surface area contributed by atoms with Crippen LogP contribution in [0.3, 0.4) is 0 Å². The minimum atomic E-state index is -0.528. The number of nitrogens with one attached hydrogen (secondary N) is 1. The second-order valence-electron chi connectivity index (χ2n) is 5.64. The summed E-state index contributed by atoms with van der Waals surface area (Å²) in [7, 11) is 1.50. The number of halogens is 2. The van der Waals surface area contributed by atoms with E-state index < -0.39 is 5.82 Å². The lowest BCUT2D eigenvalue weighted by molar-refractivity contribution is 0.365. The number of hydrogen-bond acceptors (Lipinski definition) is 5. The monoisotopic (exact) mass is 359 g/mol.